The SMILES string of the molecule is C=C(CCC1CCCC(O)C1)Cc1ccccc1Nc1c(Cl)cccc1Cl. The maximum absolute atomic E-state index is 9.85. The standard InChI is InChI=1S/C23H27Cl2NO/c1-16(12-13-17-6-4-8-19(27)15-17)14-18-7-2-3-11-22(18)26-23-20(24)9-5-10-21(23)25/h2-3,5,7,9-11,17,19,26-27H,1,4,6,8,12-15H2. The summed E-state index contributed by atoms with van der Waals surface area (Å²) in [4.78, 5) is 0. The van der Waals surface area contributed by atoms with E-state index in [0.29, 0.717) is 16.0 Å². The first-order valence-electron chi connectivity index (χ1n) is 9.66. The average molecular weight is 404 g/mol. The molecule has 2 atom stereocenters. The zero-order valence-corrected chi connectivity index (χ0v) is 17.1. The van der Waals surface area contributed by atoms with Gasteiger partial charge < -0.3 is 10.4 Å². The van der Waals surface area contributed by atoms with E-state index in [4.69, 9.17) is 23.2 Å². The topological polar surface area (TPSA) is 32.3 Å². The minimum Gasteiger partial charge on any atom is -0.393 e. The third-order valence-corrected chi connectivity index (χ3v) is 5.97. The molecule has 0 amide bonds. The molecule has 27 heavy (non-hydrogen) atoms. The van der Waals surface area contributed by atoms with Gasteiger partial charge in [0.15, 0.2) is 0 Å². The van der Waals surface area contributed by atoms with Crippen molar-refractivity contribution in [3.8, 4) is 0 Å². The molecule has 1 fully saturated rings. The van der Waals surface area contributed by atoms with Gasteiger partial charge in [0, 0.05) is 5.69 Å². The Morgan fingerprint density at radius 1 is 1.07 bits per heavy atom. The fourth-order valence-corrected chi connectivity index (χ4v) is 4.33. The van der Waals surface area contributed by atoms with Gasteiger partial charge in [0.2, 0.25) is 0 Å². The normalized spacial score (nSPS) is 19.7. The van der Waals surface area contributed by atoms with Crippen LogP contribution in [-0.4, -0.2) is 11.2 Å². The van der Waals surface area contributed by atoms with E-state index in [0.717, 1.165) is 49.9 Å². The highest BCUT2D eigenvalue weighted by molar-refractivity contribution is 6.39. The fraction of sp³-hybridized carbons (Fsp3) is 0.391. The van der Waals surface area contributed by atoms with Crippen LogP contribution in [0, 0.1) is 5.92 Å². The molecule has 2 N–H and O–H groups in total. The number of nitrogens with one attached hydrogen (secondary N) is 1. The molecule has 0 aromatic heterocycles. The number of aliphatic hydroxyl groups excluding tert-OH is 1. The van der Waals surface area contributed by atoms with E-state index in [1.165, 1.54) is 17.6 Å². The second-order valence-corrected chi connectivity index (χ2v) is 8.35. The number of rotatable bonds is 7. The van der Waals surface area contributed by atoms with Crippen molar-refractivity contribution in [2.45, 2.75) is 51.0 Å². The first-order chi connectivity index (χ1) is 13.0. The Morgan fingerprint density at radius 2 is 1.81 bits per heavy atom. The molecule has 2 aromatic carbocycles. The fourth-order valence-electron chi connectivity index (χ4n) is 3.84. The predicted molar refractivity (Wildman–Crippen MR) is 116 cm³/mol. The molecule has 0 heterocycles. The summed E-state index contributed by atoms with van der Waals surface area (Å²) in [7, 11) is 0. The van der Waals surface area contributed by atoms with Crippen molar-refractivity contribution >= 4 is 34.6 Å². The lowest BCUT2D eigenvalue weighted by Gasteiger charge is -2.26. The molecule has 4 heteroatoms. The Balaban J connectivity index is 1.63. The van der Waals surface area contributed by atoms with Crippen LogP contribution in [0.4, 0.5) is 11.4 Å². The lowest BCUT2D eigenvalue weighted by atomic mass is 9.83. The van der Waals surface area contributed by atoms with Crippen LogP contribution in [0.5, 0.6) is 0 Å². The zero-order chi connectivity index (χ0) is 19.2. The van der Waals surface area contributed by atoms with Crippen LogP contribution in [0.1, 0.15) is 44.1 Å². The summed E-state index contributed by atoms with van der Waals surface area (Å²) in [5.41, 5.74) is 4.13. The van der Waals surface area contributed by atoms with Crippen LogP contribution >= 0.6 is 23.2 Å². The Hall–Kier alpha value is -1.48. The van der Waals surface area contributed by atoms with E-state index in [-0.39, 0.29) is 6.10 Å². The molecule has 2 unspecified atom stereocenters. The Kier molecular flexibility index (Phi) is 7.23. The quantitative estimate of drug-likeness (QED) is 0.480. The van der Waals surface area contributed by atoms with Crippen molar-refractivity contribution < 1.29 is 5.11 Å². The molecule has 1 aliphatic carbocycles. The van der Waals surface area contributed by atoms with Crippen molar-refractivity contribution in [2.24, 2.45) is 5.92 Å². The van der Waals surface area contributed by atoms with Gasteiger partial charge in [0.1, 0.15) is 0 Å². The van der Waals surface area contributed by atoms with Gasteiger partial charge in [-0.3, -0.25) is 0 Å². The summed E-state index contributed by atoms with van der Waals surface area (Å²) in [6.45, 7) is 4.29. The monoisotopic (exact) mass is 403 g/mol. The molecule has 0 saturated heterocycles. The molecular formula is C23H27Cl2NO. The third kappa shape index (κ3) is 5.75. The molecule has 1 saturated carbocycles. The highest BCUT2D eigenvalue weighted by Gasteiger charge is 2.20. The van der Waals surface area contributed by atoms with E-state index in [2.05, 4.69) is 18.0 Å². The van der Waals surface area contributed by atoms with Crippen molar-refractivity contribution in [1.82, 2.24) is 0 Å². The number of hydrogen-bond acceptors (Lipinski definition) is 2. The number of aliphatic hydroxyl groups is 1. The number of anilines is 2. The summed E-state index contributed by atoms with van der Waals surface area (Å²) >= 11 is 12.6. The second-order valence-electron chi connectivity index (χ2n) is 7.53. The van der Waals surface area contributed by atoms with Gasteiger partial charge in [0.05, 0.1) is 21.8 Å². The Bertz CT molecular complexity index is 769. The minimum atomic E-state index is -0.109. The number of halogens is 2. The Labute approximate surface area is 172 Å². The smallest absolute Gasteiger partial charge is 0.0762 e. The van der Waals surface area contributed by atoms with Crippen LogP contribution in [0.3, 0.4) is 0 Å². The van der Waals surface area contributed by atoms with Crippen molar-refractivity contribution in [2.75, 3.05) is 5.32 Å². The maximum atomic E-state index is 9.85. The van der Waals surface area contributed by atoms with E-state index < -0.39 is 0 Å². The number of hydrogen-bond donors (Lipinski definition) is 2. The van der Waals surface area contributed by atoms with Crippen molar-refractivity contribution in [1.29, 1.82) is 0 Å². The lowest BCUT2D eigenvalue weighted by Crippen LogP contribution is -2.19. The molecular weight excluding hydrogens is 377 g/mol. The first-order valence-corrected chi connectivity index (χ1v) is 10.4. The van der Waals surface area contributed by atoms with Gasteiger partial charge in [0.25, 0.3) is 0 Å². The van der Waals surface area contributed by atoms with Crippen LogP contribution in [0.25, 0.3) is 0 Å². The van der Waals surface area contributed by atoms with Gasteiger partial charge in [-0.05, 0) is 61.8 Å². The van der Waals surface area contributed by atoms with Crippen molar-refractivity contribution in [3.63, 3.8) is 0 Å². The van der Waals surface area contributed by atoms with Crippen LogP contribution in [-0.2, 0) is 6.42 Å². The van der Waals surface area contributed by atoms with Gasteiger partial charge in [-0.25, -0.2) is 0 Å². The molecule has 144 valence electrons. The largest absolute Gasteiger partial charge is 0.393 e. The third-order valence-electron chi connectivity index (χ3n) is 5.34. The van der Waals surface area contributed by atoms with E-state index in [1.807, 2.05) is 36.4 Å². The molecule has 2 nitrogen and oxygen atoms in total. The molecule has 0 radical (unpaired) electrons. The minimum absolute atomic E-state index is 0.109. The van der Waals surface area contributed by atoms with Gasteiger partial charge in [-0.2, -0.15) is 0 Å². The molecule has 1 aliphatic rings. The van der Waals surface area contributed by atoms with E-state index >= 15 is 0 Å². The molecule has 0 aliphatic heterocycles. The molecule has 0 bridgehead atoms. The number of allylic oxidation sites excluding steroid dienone is 1. The second kappa shape index (κ2) is 9.64. The summed E-state index contributed by atoms with van der Waals surface area (Å²) in [5.74, 6) is 0.626. The Morgan fingerprint density at radius 3 is 2.56 bits per heavy atom. The zero-order valence-electron chi connectivity index (χ0n) is 15.6. The molecule has 3 rings (SSSR count). The maximum Gasteiger partial charge on any atom is 0.0762 e. The lowest BCUT2D eigenvalue weighted by molar-refractivity contribution is 0.0983. The summed E-state index contributed by atoms with van der Waals surface area (Å²) < 4.78 is 0. The van der Waals surface area contributed by atoms with Gasteiger partial charge in [-0.1, -0.05) is 72.5 Å². The van der Waals surface area contributed by atoms with Crippen LogP contribution < -0.4 is 5.32 Å². The number of benzene rings is 2. The van der Waals surface area contributed by atoms with Gasteiger partial charge >= 0.3 is 0 Å². The van der Waals surface area contributed by atoms with Crippen LogP contribution in [0.2, 0.25) is 10.0 Å². The van der Waals surface area contributed by atoms with Gasteiger partial charge in [-0.15, -0.1) is 0 Å². The number of para-hydroxylation sites is 2. The van der Waals surface area contributed by atoms with E-state index in [9.17, 15) is 5.11 Å². The summed E-state index contributed by atoms with van der Waals surface area (Å²) in [6, 6.07) is 13.7. The van der Waals surface area contributed by atoms with Crippen LogP contribution in [0.15, 0.2) is 54.6 Å². The first kappa shape index (κ1) is 20.3. The van der Waals surface area contributed by atoms with Crippen molar-refractivity contribution in [3.05, 3.63) is 70.2 Å². The molecule has 2 aromatic rings. The summed E-state index contributed by atoms with van der Waals surface area (Å²) in [5, 5.41) is 14.4. The molecule has 0 spiro atoms. The predicted octanol–water partition coefficient (Wildman–Crippen LogP) is 7.17. The van der Waals surface area contributed by atoms with E-state index in [1.54, 1.807) is 0 Å². The summed E-state index contributed by atoms with van der Waals surface area (Å²) in [6.07, 6.45) is 7.09. The average Bonchev–Trinajstić information content (AvgIpc) is 2.64. The highest BCUT2D eigenvalue weighted by atomic mass is 35.5. The highest BCUT2D eigenvalue weighted by Crippen LogP contribution is 2.34.